The molecule has 0 atom stereocenters. The Balaban J connectivity index is 1.55. The Morgan fingerprint density at radius 2 is 1.77 bits per heavy atom. The minimum absolute atomic E-state index is 0.0681. The first-order valence-corrected chi connectivity index (χ1v) is 9.38. The van der Waals surface area contributed by atoms with E-state index in [9.17, 15) is 18.4 Å². The predicted octanol–water partition coefficient (Wildman–Crippen LogP) is 5.78. The van der Waals surface area contributed by atoms with Crippen molar-refractivity contribution in [1.29, 1.82) is 0 Å². The molecule has 5 nitrogen and oxygen atoms in total. The van der Waals surface area contributed by atoms with Gasteiger partial charge in [0.2, 0.25) is 5.78 Å². The average molecular weight is 443 g/mol. The van der Waals surface area contributed by atoms with Gasteiger partial charge in [-0.2, -0.15) is 8.78 Å². The lowest BCUT2D eigenvalue weighted by Crippen LogP contribution is -2.08. The molecule has 0 amide bonds. The van der Waals surface area contributed by atoms with Crippen molar-refractivity contribution in [1.82, 2.24) is 0 Å². The number of Topliss-reactive ketones (excluding diaryl/α,β-unsaturated/α-hetero) is 1. The second-order valence-corrected chi connectivity index (χ2v) is 6.85. The van der Waals surface area contributed by atoms with Crippen molar-refractivity contribution in [2.75, 3.05) is 0 Å². The zero-order valence-electron chi connectivity index (χ0n) is 15.7. The van der Waals surface area contributed by atoms with Crippen LogP contribution in [0.4, 0.5) is 8.78 Å². The van der Waals surface area contributed by atoms with Crippen molar-refractivity contribution in [3.63, 3.8) is 0 Å². The van der Waals surface area contributed by atoms with E-state index in [0.717, 1.165) is 0 Å². The molecular weight excluding hydrogens is 430 g/mol. The van der Waals surface area contributed by atoms with Gasteiger partial charge in [0.1, 0.15) is 17.2 Å². The molecule has 31 heavy (non-hydrogen) atoms. The molecule has 156 valence electrons. The fraction of sp³-hybridized carbons (Fsp3) is 0.0435. The summed E-state index contributed by atoms with van der Waals surface area (Å²) in [5.41, 5.74) is 0.816. The highest BCUT2D eigenvalue weighted by Crippen LogP contribution is 2.36. The van der Waals surface area contributed by atoms with Gasteiger partial charge in [-0.15, -0.1) is 0 Å². The zero-order valence-corrected chi connectivity index (χ0v) is 16.4. The van der Waals surface area contributed by atoms with Gasteiger partial charge in [0, 0.05) is 16.7 Å². The number of hydrogen-bond donors (Lipinski definition) is 0. The Kier molecular flexibility index (Phi) is 5.68. The van der Waals surface area contributed by atoms with Gasteiger partial charge in [0.25, 0.3) is 0 Å². The Hall–Kier alpha value is -3.71. The Morgan fingerprint density at radius 1 is 1.03 bits per heavy atom. The number of alkyl halides is 2. The number of allylic oxidation sites excluding steroid dienone is 1. The maximum Gasteiger partial charge on any atom is 0.387 e. The number of benzene rings is 3. The smallest absolute Gasteiger partial charge is 0.387 e. The normalized spacial score (nSPS) is 13.8. The Labute approximate surface area is 180 Å². The molecule has 8 heteroatoms. The summed E-state index contributed by atoms with van der Waals surface area (Å²) < 4.78 is 40.6. The van der Waals surface area contributed by atoms with Crippen LogP contribution in [0, 0.1) is 0 Å². The van der Waals surface area contributed by atoms with E-state index in [1.165, 1.54) is 54.6 Å². The fourth-order valence-corrected chi connectivity index (χ4v) is 3.05. The topological polar surface area (TPSA) is 61.8 Å². The molecule has 0 N–H and O–H groups in total. The first-order chi connectivity index (χ1) is 14.9. The van der Waals surface area contributed by atoms with E-state index in [1.807, 2.05) is 0 Å². The molecule has 0 aromatic heterocycles. The first kappa shape index (κ1) is 20.6. The molecule has 4 rings (SSSR count). The number of para-hydroxylation sites is 1. The molecule has 1 aliphatic rings. The number of ketones is 1. The number of esters is 1. The highest BCUT2D eigenvalue weighted by Gasteiger charge is 2.28. The van der Waals surface area contributed by atoms with Gasteiger partial charge in [-0.3, -0.25) is 4.79 Å². The van der Waals surface area contributed by atoms with E-state index < -0.39 is 18.4 Å². The number of ether oxygens (including phenoxy) is 3. The Bertz CT molecular complexity index is 1190. The maximum absolute atomic E-state index is 12.6. The van der Waals surface area contributed by atoms with Crippen molar-refractivity contribution in [2.45, 2.75) is 6.61 Å². The highest BCUT2D eigenvalue weighted by molar-refractivity contribution is 6.30. The van der Waals surface area contributed by atoms with E-state index in [-0.39, 0.29) is 34.1 Å². The molecule has 3 aromatic carbocycles. The van der Waals surface area contributed by atoms with Crippen LogP contribution >= 0.6 is 11.6 Å². The summed E-state index contributed by atoms with van der Waals surface area (Å²) in [6.45, 7) is -3.00. The summed E-state index contributed by atoms with van der Waals surface area (Å²) in [6, 6.07) is 16.5. The minimum atomic E-state index is -3.00. The zero-order chi connectivity index (χ0) is 22.0. The van der Waals surface area contributed by atoms with E-state index >= 15 is 0 Å². The van der Waals surface area contributed by atoms with Gasteiger partial charge in [0.15, 0.2) is 5.76 Å². The second kappa shape index (κ2) is 8.57. The minimum Gasteiger partial charge on any atom is -0.452 e. The standard InChI is InChI=1S/C23H13ClF2O5/c24-15-7-5-13(6-8-15)22(28)29-16-9-10-17-19(12-16)30-20(21(17)27)11-14-3-1-2-4-18(14)31-23(25)26/h1-12,23H/b20-11-. The van der Waals surface area contributed by atoms with Crippen LogP contribution in [-0.4, -0.2) is 18.4 Å². The number of rotatable bonds is 5. The summed E-state index contributed by atoms with van der Waals surface area (Å²) in [4.78, 5) is 24.9. The summed E-state index contributed by atoms with van der Waals surface area (Å²) in [6.07, 6.45) is 1.32. The molecule has 1 aliphatic heterocycles. The summed E-state index contributed by atoms with van der Waals surface area (Å²) >= 11 is 5.81. The lowest BCUT2D eigenvalue weighted by molar-refractivity contribution is -0.0500. The molecule has 1 heterocycles. The van der Waals surface area contributed by atoms with Crippen molar-refractivity contribution in [2.24, 2.45) is 0 Å². The Morgan fingerprint density at radius 3 is 2.52 bits per heavy atom. The van der Waals surface area contributed by atoms with Crippen LogP contribution < -0.4 is 14.2 Å². The molecular formula is C23H13ClF2O5. The molecule has 3 aromatic rings. The number of carbonyl (C=O) groups excluding carboxylic acids is 2. The maximum atomic E-state index is 12.6. The van der Waals surface area contributed by atoms with Gasteiger partial charge in [-0.05, 0) is 48.5 Å². The number of carbonyl (C=O) groups is 2. The van der Waals surface area contributed by atoms with Crippen molar-refractivity contribution in [3.8, 4) is 17.2 Å². The largest absolute Gasteiger partial charge is 0.452 e. The molecule has 0 saturated heterocycles. The molecule has 0 spiro atoms. The second-order valence-electron chi connectivity index (χ2n) is 6.41. The first-order valence-electron chi connectivity index (χ1n) is 9.00. The van der Waals surface area contributed by atoms with Crippen LogP contribution in [-0.2, 0) is 0 Å². The lowest BCUT2D eigenvalue weighted by atomic mass is 10.1. The van der Waals surface area contributed by atoms with Crippen LogP contribution in [0.5, 0.6) is 17.2 Å². The van der Waals surface area contributed by atoms with Crippen LogP contribution in [0.15, 0.2) is 72.5 Å². The quantitative estimate of drug-likeness (QED) is 0.285. The highest BCUT2D eigenvalue weighted by atomic mass is 35.5. The molecule has 0 aliphatic carbocycles. The molecule has 0 bridgehead atoms. The van der Waals surface area contributed by atoms with Gasteiger partial charge < -0.3 is 14.2 Å². The number of halogens is 3. The molecule has 0 unspecified atom stereocenters. The van der Waals surface area contributed by atoms with Crippen molar-refractivity contribution >= 4 is 29.4 Å². The molecule has 0 fully saturated rings. The lowest BCUT2D eigenvalue weighted by Gasteiger charge is -2.08. The van der Waals surface area contributed by atoms with Gasteiger partial charge in [0.05, 0.1) is 11.1 Å². The van der Waals surface area contributed by atoms with E-state index in [1.54, 1.807) is 18.2 Å². The SMILES string of the molecule is O=C(Oc1ccc2c(c1)O/C(=C\c1ccccc1OC(F)F)C2=O)c1ccc(Cl)cc1. The number of hydrogen-bond acceptors (Lipinski definition) is 5. The van der Waals surface area contributed by atoms with E-state index in [4.69, 9.17) is 21.1 Å². The van der Waals surface area contributed by atoms with Gasteiger partial charge >= 0.3 is 12.6 Å². The van der Waals surface area contributed by atoms with Crippen molar-refractivity contribution < 1.29 is 32.6 Å². The van der Waals surface area contributed by atoms with E-state index in [0.29, 0.717) is 10.6 Å². The van der Waals surface area contributed by atoms with Gasteiger partial charge in [-0.25, -0.2) is 4.79 Å². The third-order valence-corrected chi connectivity index (χ3v) is 4.61. The van der Waals surface area contributed by atoms with Crippen molar-refractivity contribution in [3.05, 3.63) is 94.2 Å². The fourth-order valence-electron chi connectivity index (χ4n) is 2.93. The third kappa shape index (κ3) is 4.57. The van der Waals surface area contributed by atoms with Gasteiger partial charge in [-0.1, -0.05) is 29.8 Å². The molecule has 0 saturated carbocycles. The van der Waals surface area contributed by atoms with Crippen LogP contribution in [0.3, 0.4) is 0 Å². The van der Waals surface area contributed by atoms with E-state index in [2.05, 4.69) is 4.74 Å². The third-order valence-electron chi connectivity index (χ3n) is 4.35. The molecule has 0 radical (unpaired) electrons. The predicted molar refractivity (Wildman–Crippen MR) is 109 cm³/mol. The summed E-state index contributed by atoms with van der Waals surface area (Å²) in [5.74, 6) is -0.831. The number of fused-ring (bicyclic) bond motifs is 1. The van der Waals surface area contributed by atoms with Crippen LogP contribution in [0.1, 0.15) is 26.3 Å². The monoisotopic (exact) mass is 442 g/mol. The average Bonchev–Trinajstić information content (AvgIpc) is 3.04. The summed E-state index contributed by atoms with van der Waals surface area (Å²) in [7, 11) is 0. The summed E-state index contributed by atoms with van der Waals surface area (Å²) in [5, 5.41) is 0.487. The van der Waals surface area contributed by atoms with Crippen LogP contribution in [0.2, 0.25) is 5.02 Å². The van der Waals surface area contributed by atoms with Crippen LogP contribution in [0.25, 0.3) is 6.08 Å².